The predicted molar refractivity (Wildman–Crippen MR) is 109 cm³/mol. The summed E-state index contributed by atoms with van der Waals surface area (Å²) in [4.78, 5) is 16.4. The van der Waals surface area contributed by atoms with Crippen LogP contribution in [0.4, 0.5) is 5.69 Å². The Balaban J connectivity index is 1.83. The summed E-state index contributed by atoms with van der Waals surface area (Å²) in [7, 11) is 0. The molecule has 1 amide bonds. The number of carbonyl (C=O) groups excluding carboxylic acids is 1. The maximum atomic E-state index is 12.4. The van der Waals surface area contributed by atoms with Gasteiger partial charge in [0.15, 0.2) is 10.9 Å². The van der Waals surface area contributed by atoms with E-state index < -0.39 is 0 Å². The Bertz CT molecular complexity index is 992. The van der Waals surface area contributed by atoms with E-state index >= 15 is 0 Å². The molecule has 4 nitrogen and oxygen atoms in total. The van der Waals surface area contributed by atoms with E-state index in [2.05, 4.69) is 44.9 Å². The molecule has 1 N–H and O–H groups in total. The van der Waals surface area contributed by atoms with Crippen molar-refractivity contribution in [3.05, 3.63) is 80.5 Å². The highest BCUT2D eigenvalue weighted by atomic mass is 35.5. The average molecular weight is 383 g/mol. The summed E-state index contributed by atoms with van der Waals surface area (Å²) in [6.45, 7) is 10.8. The van der Waals surface area contributed by atoms with Crippen molar-refractivity contribution >= 4 is 23.2 Å². The van der Waals surface area contributed by atoms with Crippen LogP contribution in [0.15, 0.2) is 34.9 Å². The van der Waals surface area contributed by atoms with Crippen LogP contribution in [0.5, 0.6) is 0 Å². The first kappa shape index (κ1) is 19.2. The highest BCUT2D eigenvalue weighted by molar-refractivity contribution is 6.32. The molecule has 140 valence electrons. The number of aromatic nitrogens is 1. The SMILES string of the molecule is Cc1c(C)c(C)c(Cc2ccc(C(=O)Nc3cccnc3Cl)o2)c(C)c1C. The molecule has 3 rings (SSSR count). The Morgan fingerprint density at radius 3 is 2.26 bits per heavy atom. The van der Waals surface area contributed by atoms with Crippen molar-refractivity contribution in [2.24, 2.45) is 0 Å². The first-order valence-corrected chi connectivity index (χ1v) is 9.23. The van der Waals surface area contributed by atoms with Crippen LogP contribution in [-0.2, 0) is 6.42 Å². The average Bonchev–Trinajstić information content (AvgIpc) is 3.13. The quantitative estimate of drug-likeness (QED) is 0.587. The second kappa shape index (κ2) is 7.57. The van der Waals surface area contributed by atoms with Crippen LogP contribution in [0.1, 0.15) is 49.7 Å². The largest absolute Gasteiger partial charge is 0.456 e. The standard InChI is InChI=1S/C22H23ClN2O2/c1-12-13(2)15(4)18(16(5)14(12)3)11-17-8-9-20(27-17)22(26)25-19-7-6-10-24-21(19)23/h6-10H,11H2,1-5H3,(H,25,26). The van der Waals surface area contributed by atoms with E-state index in [1.807, 2.05) is 6.07 Å². The van der Waals surface area contributed by atoms with Gasteiger partial charge in [-0.1, -0.05) is 11.6 Å². The number of halogens is 1. The third kappa shape index (κ3) is 3.76. The minimum atomic E-state index is -0.346. The number of pyridine rings is 1. The predicted octanol–water partition coefficient (Wildman–Crippen LogP) is 5.71. The summed E-state index contributed by atoms with van der Waals surface area (Å²) >= 11 is 5.99. The van der Waals surface area contributed by atoms with Crippen LogP contribution in [0.25, 0.3) is 0 Å². The Morgan fingerprint density at radius 2 is 1.63 bits per heavy atom. The van der Waals surface area contributed by atoms with Crippen LogP contribution >= 0.6 is 11.6 Å². The number of anilines is 1. The summed E-state index contributed by atoms with van der Waals surface area (Å²) in [5.41, 5.74) is 8.22. The molecule has 0 aliphatic carbocycles. The zero-order valence-corrected chi connectivity index (χ0v) is 17.0. The molecule has 1 aromatic carbocycles. The molecule has 27 heavy (non-hydrogen) atoms. The topological polar surface area (TPSA) is 55.1 Å². The van der Waals surface area contributed by atoms with E-state index in [4.69, 9.17) is 16.0 Å². The van der Waals surface area contributed by atoms with E-state index in [1.54, 1.807) is 24.4 Å². The van der Waals surface area contributed by atoms with Crippen LogP contribution in [0, 0.1) is 34.6 Å². The molecular formula is C22H23ClN2O2. The second-order valence-corrected chi connectivity index (χ2v) is 7.20. The molecule has 0 atom stereocenters. The summed E-state index contributed by atoms with van der Waals surface area (Å²) in [5, 5.41) is 2.97. The van der Waals surface area contributed by atoms with Gasteiger partial charge in [0.1, 0.15) is 5.76 Å². The van der Waals surface area contributed by atoms with Gasteiger partial charge in [0.25, 0.3) is 5.91 Å². The van der Waals surface area contributed by atoms with Gasteiger partial charge in [-0.25, -0.2) is 4.98 Å². The van der Waals surface area contributed by atoms with E-state index in [-0.39, 0.29) is 16.8 Å². The Labute approximate surface area is 164 Å². The van der Waals surface area contributed by atoms with Crippen molar-refractivity contribution in [1.82, 2.24) is 4.98 Å². The minimum absolute atomic E-state index is 0.245. The number of hydrogen-bond acceptors (Lipinski definition) is 3. The summed E-state index contributed by atoms with van der Waals surface area (Å²) in [5.74, 6) is 0.660. The molecule has 0 bridgehead atoms. The fourth-order valence-electron chi connectivity index (χ4n) is 3.28. The van der Waals surface area contributed by atoms with Crippen molar-refractivity contribution in [3.63, 3.8) is 0 Å². The molecule has 0 fully saturated rings. The van der Waals surface area contributed by atoms with Gasteiger partial charge < -0.3 is 9.73 Å². The van der Waals surface area contributed by atoms with Crippen LogP contribution in [0.2, 0.25) is 5.15 Å². The third-order valence-corrected chi connectivity index (χ3v) is 5.70. The molecule has 0 spiro atoms. The molecule has 5 heteroatoms. The zero-order valence-electron chi connectivity index (χ0n) is 16.2. The van der Waals surface area contributed by atoms with Gasteiger partial charge in [0.05, 0.1) is 5.69 Å². The highest BCUT2D eigenvalue weighted by Gasteiger charge is 2.17. The second-order valence-electron chi connectivity index (χ2n) is 6.84. The lowest BCUT2D eigenvalue weighted by molar-refractivity contribution is 0.0995. The van der Waals surface area contributed by atoms with E-state index in [0.717, 1.165) is 5.76 Å². The number of amides is 1. The number of hydrogen-bond donors (Lipinski definition) is 1. The number of nitrogens with one attached hydrogen (secondary N) is 1. The first-order valence-electron chi connectivity index (χ1n) is 8.86. The number of benzene rings is 1. The van der Waals surface area contributed by atoms with Crippen LogP contribution < -0.4 is 5.32 Å². The summed E-state index contributed by atoms with van der Waals surface area (Å²) in [6, 6.07) is 6.95. The van der Waals surface area contributed by atoms with Gasteiger partial charge in [-0.2, -0.15) is 0 Å². The number of furan rings is 1. The van der Waals surface area contributed by atoms with Gasteiger partial charge in [0.2, 0.25) is 0 Å². The number of rotatable bonds is 4. The fraction of sp³-hybridized carbons (Fsp3) is 0.273. The van der Waals surface area contributed by atoms with E-state index in [1.165, 1.54) is 33.4 Å². The maximum Gasteiger partial charge on any atom is 0.291 e. The minimum Gasteiger partial charge on any atom is -0.456 e. The Hall–Kier alpha value is -2.59. The number of carbonyl (C=O) groups is 1. The van der Waals surface area contributed by atoms with Crippen molar-refractivity contribution in [2.45, 2.75) is 41.0 Å². The monoisotopic (exact) mass is 382 g/mol. The smallest absolute Gasteiger partial charge is 0.291 e. The Morgan fingerprint density at radius 1 is 1.00 bits per heavy atom. The van der Waals surface area contributed by atoms with Crippen LogP contribution in [0.3, 0.4) is 0 Å². The highest BCUT2D eigenvalue weighted by Crippen LogP contribution is 2.28. The number of nitrogens with zero attached hydrogens (tertiary/aromatic N) is 1. The van der Waals surface area contributed by atoms with Gasteiger partial charge in [-0.3, -0.25) is 4.79 Å². The van der Waals surface area contributed by atoms with Crippen molar-refractivity contribution < 1.29 is 9.21 Å². The molecule has 0 saturated carbocycles. The van der Waals surface area contributed by atoms with Gasteiger partial charge in [0, 0.05) is 12.6 Å². The third-order valence-electron chi connectivity index (χ3n) is 5.40. The van der Waals surface area contributed by atoms with E-state index in [9.17, 15) is 4.79 Å². The fourth-order valence-corrected chi connectivity index (χ4v) is 3.44. The molecule has 2 heterocycles. The molecule has 0 saturated heterocycles. The lowest BCUT2D eigenvalue weighted by atomic mass is 9.88. The van der Waals surface area contributed by atoms with E-state index in [0.29, 0.717) is 12.1 Å². The summed E-state index contributed by atoms with van der Waals surface area (Å²) in [6.07, 6.45) is 2.22. The lowest BCUT2D eigenvalue weighted by Crippen LogP contribution is -2.11. The Kier molecular flexibility index (Phi) is 5.38. The molecule has 2 aromatic heterocycles. The maximum absolute atomic E-state index is 12.4. The normalized spacial score (nSPS) is 10.9. The van der Waals surface area contributed by atoms with Gasteiger partial charge >= 0.3 is 0 Å². The van der Waals surface area contributed by atoms with Gasteiger partial charge in [-0.05, 0) is 92.3 Å². The molecular weight excluding hydrogens is 360 g/mol. The molecule has 0 radical (unpaired) electrons. The van der Waals surface area contributed by atoms with Crippen LogP contribution in [-0.4, -0.2) is 10.9 Å². The molecule has 0 unspecified atom stereocenters. The molecule has 0 aliphatic rings. The summed E-state index contributed by atoms with van der Waals surface area (Å²) < 4.78 is 5.81. The van der Waals surface area contributed by atoms with Gasteiger partial charge in [-0.15, -0.1) is 0 Å². The zero-order chi connectivity index (χ0) is 19.7. The molecule has 3 aromatic rings. The van der Waals surface area contributed by atoms with Crippen molar-refractivity contribution in [3.8, 4) is 0 Å². The molecule has 0 aliphatic heterocycles. The lowest BCUT2D eigenvalue weighted by Gasteiger charge is -2.18. The van der Waals surface area contributed by atoms with Crippen molar-refractivity contribution in [2.75, 3.05) is 5.32 Å². The van der Waals surface area contributed by atoms with Crippen molar-refractivity contribution in [1.29, 1.82) is 0 Å². The first-order chi connectivity index (χ1) is 12.8.